The number of anilines is 1. The van der Waals surface area contributed by atoms with Crippen LogP contribution in [-0.2, 0) is 0 Å². The average Bonchev–Trinajstić information content (AvgIpc) is 2.93. The molecule has 0 radical (unpaired) electrons. The van der Waals surface area contributed by atoms with Crippen LogP contribution in [0.25, 0.3) is 0 Å². The van der Waals surface area contributed by atoms with Crippen LogP contribution in [0.15, 0.2) is 11.1 Å². The van der Waals surface area contributed by atoms with Crippen LogP contribution in [0.1, 0.15) is 71.5 Å². The predicted molar refractivity (Wildman–Crippen MR) is 90.5 cm³/mol. The summed E-state index contributed by atoms with van der Waals surface area (Å²) >= 11 is 0. The molecule has 1 spiro atoms. The Balaban J connectivity index is 1.88. The van der Waals surface area contributed by atoms with Crippen LogP contribution in [0.4, 0.5) is 5.69 Å². The summed E-state index contributed by atoms with van der Waals surface area (Å²) in [6, 6.07) is 1.86. The van der Waals surface area contributed by atoms with Crippen molar-refractivity contribution in [1.29, 1.82) is 0 Å². The number of aliphatic imine (C=N–C) groups is 1. The van der Waals surface area contributed by atoms with Gasteiger partial charge < -0.3 is 11.5 Å². The highest BCUT2D eigenvalue weighted by molar-refractivity contribution is 5.99. The Labute approximate surface area is 132 Å². The highest BCUT2D eigenvalue weighted by Crippen LogP contribution is 2.46. The Morgan fingerprint density at radius 2 is 1.95 bits per heavy atom. The van der Waals surface area contributed by atoms with Crippen molar-refractivity contribution in [1.82, 2.24) is 0 Å². The molecule has 0 unspecified atom stereocenters. The molecule has 0 aromatic heterocycles. The quantitative estimate of drug-likeness (QED) is 0.822. The van der Waals surface area contributed by atoms with Gasteiger partial charge in [-0.1, -0.05) is 0 Å². The topological polar surface area (TPSA) is 81.5 Å². The SMILES string of the molecule is Cc1cc(C(N)=O)c(N)c(C)c1C1CCC2(CCC=N2)CC1. The maximum absolute atomic E-state index is 11.5. The lowest BCUT2D eigenvalue weighted by molar-refractivity contribution is 0.100. The first-order valence-electron chi connectivity index (χ1n) is 8.16. The second-order valence-electron chi connectivity index (χ2n) is 6.91. The second kappa shape index (κ2) is 5.41. The zero-order chi connectivity index (χ0) is 15.9. The monoisotopic (exact) mass is 299 g/mol. The van der Waals surface area contributed by atoms with E-state index in [1.165, 1.54) is 12.0 Å². The van der Waals surface area contributed by atoms with Crippen LogP contribution in [0.5, 0.6) is 0 Å². The number of hydrogen-bond acceptors (Lipinski definition) is 3. The number of carbonyl (C=O) groups excluding carboxylic acids is 1. The molecule has 4 nitrogen and oxygen atoms in total. The third kappa shape index (κ3) is 2.40. The van der Waals surface area contributed by atoms with Crippen LogP contribution in [0, 0.1) is 13.8 Å². The van der Waals surface area contributed by atoms with E-state index in [-0.39, 0.29) is 5.54 Å². The van der Waals surface area contributed by atoms with Gasteiger partial charge in [0.15, 0.2) is 0 Å². The van der Waals surface area contributed by atoms with E-state index in [4.69, 9.17) is 16.5 Å². The van der Waals surface area contributed by atoms with E-state index in [9.17, 15) is 4.79 Å². The molecule has 1 heterocycles. The molecule has 3 rings (SSSR count). The van der Waals surface area contributed by atoms with Crippen molar-refractivity contribution in [2.45, 2.75) is 63.8 Å². The van der Waals surface area contributed by atoms with Crippen molar-refractivity contribution in [2.24, 2.45) is 10.7 Å². The molecule has 1 aliphatic carbocycles. The third-order valence-electron chi connectivity index (χ3n) is 5.58. The van der Waals surface area contributed by atoms with Gasteiger partial charge in [-0.05, 0) is 87.3 Å². The molecule has 1 fully saturated rings. The molecule has 1 amide bonds. The van der Waals surface area contributed by atoms with E-state index in [2.05, 4.69) is 13.1 Å². The van der Waals surface area contributed by atoms with Gasteiger partial charge in [0.05, 0.1) is 11.1 Å². The van der Waals surface area contributed by atoms with Gasteiger partial charge in [0, 0.05) is 5.69 Å². The van der Waals surface area contributed by atoms with E-state index in [1.54, 1.807) is 0 Å². The van der Waals surface area contributed by atoms with Crippen molar-refractivity contribution in [3.8, 4) is 0 Å². The van der Waals surface area contributed by atoms with Crippen LogP contribution in [0.3, 0.4) is 0 Å². The highest BCUT2D eigenvalue weighted by atomic mass is 16.1. The van der Waals surface area contributed by atoms with Crippen LogP contribution in [0.2, 0.25) is 0 Å². The molecular formula is C18H25N3O. The average molecular weight is 299 g/mol. The molecule has 118 valence electrons. The summed E-state index contributed by atoms with van der Waals surface area (Å²) in [6.07, 6.45) is 9.04. The largest absolute Gasteiger partial charge is 0.398 e. The first-order valence-corrected chi connectivity index (χ1v) is 8.16. The van der Waals surface area contributed by atoms with E-state index < -0.39 is 5.91 Å². The number of nitrogens with zero attached hydrogens (tertiary/aromatic N) is 1. The maximum atomic E-state index is 11.5. The Bertz CT molecular complexity index is 640. The number of aryl methyl sites for hydroxylation is 1. The van der Waals surface area contributed by atoms with E-state index >= 15 is 0 Å². The molecule has 1 saturated carbocycles. The zero-order valence-corrected chi connectivity index (χ0v) is 13.5. The molecule has 22 heavy (non-hydrogen) atoms. The summed E-state index contributed by atoms with van der Waals surface area (Å²) < 4.78 is 0. The Morgan fingerprint density at radius 1 is 1.27 bits per heavy atom. The van der Waals surface area contributed by atoms with Crippen LogP contribution < -0.4 is 11.5 Å². The van der Waals surface area contributed by atoms with Gasteiger partial charge in [0.1, 0.15) is 0 Å². The lowest BCUT2D eigenvalue weighted by Crippen LogP contribution is -2.30. The van der Waals surface area contributed by atoms with Crippen molar-refractivity contribution < 1.29 is 4.79 Å². The first-order chi connectivity index (χ1) is 10.4. The number of amides is 1. The fourth-order valence-corrected chi connectivity index (χ4v) is 4.33. The molecule has 2 aliphatic rings. The van der Waals surface area contributed by atoms with Gasteiger partial charge in [-0.25, -0.2) is 0 Å². The summed E-state index contributed by atoms with van der Waals surface area (Å²) in [7, 11) is 0. The minimum atomic E-state index is -0.446. The minimum Gasteiger partial charge on any atom is -0.398 e. The van der Waals surface area contributed by atoms with Gasteiger partial charge in [-0.2, -0.15) is 0 Å². The Kier molecular flexibility index (Phi) is 3.71. The fraction of sp³-hybridized carbons (Fsp3) is 0.556. The number of hydrogen-bond donors (Lipinski definition) is 2. The van der Waals surface area contributed by atoms with E-state index in [1.807, 2.05) is 13.0 Å². The number of primary amides is 1. The summed E-state index contributed by atoms with van der Waals surface area (Å²) in [4.78, 5) is 16.3. The minimum absolute atomic E-state index is 0.219. The normalized spacial score (nSPS) is 27.5. The predicted octanol–water partition coefficient (Wildman–Crippen LogP) is 3.25. The van der Waals surface area contributed by atoms with Gasteiger partial charge in [-0.15, -0.1) is 0 Å². The summed E-state index contributed by atoms with van der Waals surface area (Å²) in [5.41, 5.74) is 16.3. The van der Waals surface area contributed by atoms with Crippen molar-refractivity contribution >= 4 is 17.8 Å². The molecule has 1 aromatic carbocycles. The number of rotatable bonds is 2. The molecule has 1 aromatic rings. The first kappa shape index (κ1) is 15.1. The number of carbonyl (C=O) groups is 1. The standard InChI is InChI=1S/C18H25N3O/c1-11-10-14(17(20)22)16(19)12(2)15(11)13-4-7-18(8-5-13)6-3-9-21-18/h9-10,13H,3-8,19H2,1-2H3,(H2,20,22). The van der Waals surface area contributed by atoms with Gasteiger partial charge in [0.25, 0.3) is 5.91 Å². The molecule has 4 N–H and O–H groups in total. The summed E-state index contributed by atoms with van der Waals surface area (Å²) in [5.74, 6) is 0.0730. The number of nitrogen functional groups attached to an aromatic ring is 1. The van der Waals surface area contributed by atoms with Gasteiger partial charge in [0.2, 0.25) is 0 Å². The molecular weight excluding hydrogens is 274 g/mol. The highest BCUT2D eigenvalue weighted by Gasteiger charge is 2.37. The summed E-state index contributed by atoms with van der Waals surface area (Å²) in [5, 5.41) is 0. The fourth-order valence-electron chi connectivity index (χ4n) is 4.33. The number of benzene rings is 1. The Morgan fingerprint density at radius 3 is 2.50 bits per heavy atom. The van der Waals surface area contributed by atoms with Gasteiger partial charge >= 0.3 is 0 Å². The van der Waals surface area contributed by atoms with Crippen molar-refractivity contribution in [2.75, 3.05) is 5.73 Å². The van der Waals surface area contributed by atoms with Crippen molar-refractivity contribution in [3.05, 3.63) is 28.3 Å². The molecule has 4 heteroatoms. The van der Waals surface area contributed by atoms with E-state index in [0.29, 0.717) is 17.2 Å². The van der Waals surface area contributed by atoms with Crippen LogP contribution >= 0.6 is 0 Å². The third-order valence-corrected chi connectivity index (χ3v) is 5.58. The maximum Gasteiger partial charge on any atom is 0.250 e. The molecule has 0 bridgehead atoms. The van der Waals surface area contributed by atoms with Crippen LogP contribution in [-0.4, -0.2) is 17.7 Å². The molecule has 1 aliphatic heterocycles. The Hall–Kier alpha value is -1.84. The molecule has 0 saturated heterocycles. The smallest absolute Gasteiger partial charge is 0.250 e. The second-order valence-corrected chi connectivity index (χ2v) is 6.91. The lowest BCUT2D eigenvalue weighted by Gasteiger charge is -2.36. The van der Waals surface area contributed by atoms with Crippen molar-refractivity contribution in [3.63, 3.8) is 0 Å². The summed E-state index contributed by atoms with van der Waals surface area (Å²) in [6.45, 7) is 4.08. The lowest BCUT2D eigenvalue weighted by atomic mass is 9.71. The zero-order valence-electron chi connectivity index (χ0n) is 13.5. The van der Waals surface area contributed by atoms with Gasteiger partial charge in [-0.3, -0.25) is 9.79 Å². The number of nitrogens with two attached hydrogens (primary N) is 2. The van der Waals surface area contributed by atoms with E-state index in [0.717, 1.165) is 43.2 Å². The molecule has 0 atom stereocenters.